The molecule has 0 atom stereocenters. The van der Waals surface area contributed by atoms with Crippen LogP contribution in [0.25, 0.3) is 0 Å². The number of esters is 1. The average molecular weight is 291 g/mol. The van der Waals surface area contributed by atoms with Gasteiger partial charge in [-0.25, -0.2) is 0 Å². The minimum Gasteiger partial charge on any atom is -0.466 e. The number of hydrogen-bond acceptors (Lipinski definition) is 3. The first-order chi connectivity index (χ1) is 15.8. The van der Waals surface area contributed by atoms with Crippen LogP contribution < -0.4 is 0 Å². The Kier molecular flexibility index (Phi) is 1.57. The summed E-state index contributed by atoms with van der Waals surface area (Å²) in [5.74, 6) is -1.78. The van der Waals surface area contributed by atoms with Gasteiger partial charge in [0.05, 0.1) is 15.7 Å². The van der Waals surface area contributed by atoms with Crippen LogP contribution in [-0.4, -0.2) is 37.4 Å². The SMILES string of the molecule is [2H]C([2H])([2H])N1C([2H])([2H])C([2H])([2H])C(CC(=O)OC([2H])([2H])C([2H])([2H])[2H])(Cc2ccccc2)C([2H])([2H])C1([2H])[2H]. The number of nitrogens with zero attached hydrogens (tertiary/aromatic N) is 1. The predicted molar refractivity (Wildman–Crippen MR) is 80.6 cm³/mol. The van der Waals surface area contributed by atoms with Crippen LogP contribution in [0.3, 0.4) is 0 Å². The van der Waals surface area contributed by atoms with Crippen molar-refractivity contribution < 1.29 is 31.5 Å². The minimum absolute atomic E-state index is 0.116. The third kappa shape index (κ3) is 4.07. The van der Waals surface area contributed by atoms with Crippen LogP contribution in [0.2, 0.25) is 0 Å². The Hall–Kier alpha value is -1.35. The lowest BCUT2D eigenvalue weighted by atomic mass is 9.71. The monoisotopic (exact) mass is 291 g/mol. The summed E-state index contributed by atoms with van der Waals surface area (Å²) < 4.78 is 132. The maximum absolute atomic E-state index is 12.8. The molecule has 0 N–H and O–H groups in total. The largest absolute Gasteiger partial charge is 0.466 e. The van der Waals surface area contributed by atoms with Crippen LogP contribution in [-0.2, 0) is 16.0 Å². The van der Waals surface area contributed by atoms with Crippen molar-refractivity contribution in [3.8, 4) is 0 Å². The van der Waals surface area contributed by atoms with Crippen molar-refractivity contribution in [2.24, 2.45) is 5.41 Å². The molecule has 3 heteroatoms. The van der Waals surface area contributed by atoms with Gasteiger partial charge in [-0.1, -0.05) is 30.3 Å². The van der Waals surface area contributed by atoms with E-state index in [2.05, 4.69) is 4.74 Å². The Morgan fingerprint density at radius 3 is 2.85 bits per heavy atom. The molecule has 0 unspecified atom stereocenters. The van der Waals surface area contributed by atoms with Crippen LogP contribution in [0.5, 0.6) is 0 Å². The first-order valence-corrected chi connectivity index (χ1v) is 5.86. The van der Waals surface area contributed by atoms with E-state index in [4.69, 9.17) is 21.9 Å². The summed E-state index contributed by atoms with van der Waals surface area (Å²) in [5, 5.41) is 0. The zero-order valence-electron chi connectivity index (χ0n) is 26.6. The molecule has 1 fully saturated rings. The Morgan fingerprint density at radius 2 is 2.20 bits per heavy atom. The van der Waals surface area contributed by atoms with Crippen molar-refractivity contribution in [3.63, 3.8) is 0 Å². The first kappa shape index (κ1) is 4.57. The Bertz CT molecular complexity index is 941. The average Bonchev–Trinajstić information content (AvgIpc) is 2.63. The summed E-state index contributed by atoms with van der Waals surface area (Å²) in [5.41, 5.74) is -2.93. The van der Waals surface area contributed by atoms with E-state index in [1.54, 1.807) is 6.07 Å². The van der Waals surface area contributed by atoms with Crippen molar-refractivity contribution in [1.29, 1.82) is 0 Å². The predicted octanol–water partition coefficient (Wildman–Crippen LogP) is 2.89. The highest BCUT2D eigenvalue weighted by Gasteiger charge is 2.36. The fourth-order valence-corrected chi connectivity index (χ4v) is 1.91. The Morgan fingerprint density at radius 1 is 1.45 bits per heavy atom. The van der Waals surface area contributed by atoms with Gasteiger partial charge in [-0.2, -0.15) is 0 Å². The van der Waals surface area contributed by atoms with E-state index in [0.29, 0.717) is 0 Å². The van der Waals surface area contributed by atoms with E-state index in [1.807, 2.05) is 0 Å². The molecule has 1 aliphatic rings. The molecule has 20 heavy (non-hydrogen) atoms. The standard InChI is InChI=1S/C17H25NO2/c1-3-20-16(19)14-17(9-11-18(2)12-10-17)13-15-7-5-4-6-8-15/h4-8H,3,9-14H2,1-2H3/i1D3,2D3,3D2,9D2,10D2,11D2,12D2. The molecule has 1 saturated heterocycles. The van der Waals surface area contributed by atoms with E-state index in [0.717, 1.165) is 0 Å². The normalized spacial score (nSPS) is 42.6. The molecule has 2 rings (SSSR count). The number of hydrogen-bond donors (Lipinski definition) is 0. The van der Waals surface area contributed by atoms with Crippen molar-refractivity contribution in [2.75, 3.05) is 26.5 Å². The molecular formula is C17H25NO2. The lowest BCUT2D eigenvalue weighted by Crippen LogP contribution is -2.40. The van der Waals surface area contributed by atoms with Crippen molar-refractivity contribution in [2.45, 2.75) is 32.4 Å². The molecule has 0 bridgehead atoms. The zero-order chi connectivity index (χ0) is 28.4. The summed E-state index contributed by atoms with van der Waals surface area (Å²) in [6.45, 7) is -18.2. The topological polar surface area (TPSA) is 29.5 Å². The Balaban J connectivity index is 2.84. The van der Waals surface area contributed by atoms with Crippen LogP contribution in [0, 0.1) is 5.41 Å². The van der Waals surface area contributed by atoms with Crippen molar-refractivity contribution >= 4 is 5.97 Å². The third-order valence-corrected chi connectivity index (χ3v) is 2.77. The highest BCUT2D eigenvalue weighted by molar-refractivity contribution is 5.70. The molecule has 0 radical (unpaired) electrons. The highest BCUT2D eigenvalue weighted by atomic mass is 16.5. The van der Waals surface area contributed by atoms with Gasteiger partial charge in [0, 0.05) is 19.2 Å². The molecule has 1 heterocycles. The van der Waals surface area contributed by atoms with E-state index in [1.165, 1.54) is 24.3 Å². The number of likely N-dealkylation sites (tertiary alicyclic amines) is 1. The van der Waals surface area contributed by atoms with Crippen LogP contribution in [0.15, 0.2) is 30.3 Å². The fourth-order valence-electron chi connectivity index (χ4n) is 1.91. The summed E-state index contributed by atoms with van der Waals surface area (Å²) in [7, 11) is 0. The summed E-state index contributed by atoms with van der Waals surface area (Å²) >= 11 is 0. The van der Waals surface area contributed by atoms with E-state index in [9.17, 15) is 4.79 Å². The van der Waals surface area contributed by atoms with E-state index < -0.39 is 75.3 Å². The zero-order valence-corrected chi connectivity index (χ0v) is 10.6. The van der Waals surface area contributed by atoms with Gasteiger partial charge in [-0.3, -0.25) is 4.79 Å². The van der Waals surface area contributed by atoms with Gasteiger partial charge in [0.2, 0.25) is 0 Å². The smallest absolute Gasteiger partial charge is 0.306 e. The summed E-state index contributed by atoms with van der Waals surface area (Å²) in [6.07, 6.45) is -9.64. The Labute approximate surface area is 144 Å². The summed E-state index contributed by atoms with van der Waals surface area (Å²) in [4.78, 5) is 12.3. The minimum atomic E-state index is -3.74. The number of carbonyl (C=O) groups excluding carboxylic acids is 1. The molecule has 110 valence electrons. The van der Waals surface area contributed by atoms with Gasteiger partial charge in [-0.05, 0) is 57.0 Å². The molecule has 0 aromatic heterocycles. The molecular weight excluding hydrogens is 250 g/mol. The maximum atomic E-state index is 12.8. The van der Waals surface area contributed by atoms with Gasteiger partial charge >= 0.3 is 5.97 Å². The quantitative estimate of drug-likeness (QED) is 0.781. The van der Waals surface area contributed by atoms with Crippen LogP contribution in [0.4, 0.5) is 0 Å². The molecule has 1 aromatic rings. The summed E-state index contributed by atoms with van der Waals surface area (Å²) in [6, 6.07) is 7.19. The lowest BCUT2D eigenvalue weighted by molar-refractivity contribution is -0.146. The van der Waals surface area contributed by atoms with Gasteiger partial charge in [-0.15, -0.1) is 0 Å². The number of piperidine rings is 1. The molecule has 0 amide bonds. The van der Waals surface area contributed by atoms with Crippen LogP contribution in [0.1, 0.15) is 53.5 Å². The van der Waals surface area contributed by atoms with Gasteiger partial charge in [0.15, 0.2) is 0 Å². The van der Waals surface area contributed by atoms with Crippen molar-refractivity contribution in [1.82, 2.24) is 4.90 Å². The fraction of sp³-hybridized carbons (Fsp3) is 0.588. The highest BCUT2D eigenvalue weighted by Crippen LogP contribution is 2.38. The molecule has 1 aliphatic heterocycles. The van der Waals surface area contributed by atoms with E-state index in [-0.39, 0.29) is 5.56 Å². The molecule has 1 aromatic carbocycles. The maximum Gasteiger partial charge on any atom is 0.306 e. The van der Waals surface area contributed by atoms with Gasteiger partial charge in [0.1, 0.15) is 0 Å². The molecule has 3 nitrogen and oxygen atoms in total. The second-order valence-electron chi connectivity index (χ2n) is 4.31. The molecule has 0 saturated carbocycles. The molecule has 0 spiro atoms. The molecule has 0 aliphatic carbocycles. The first-order valence-electron chi connectivity index (χ1n) is 13.9. The van der Waals surface area contributed by atoms with Gasteiger partial charge in [0.25, 0.3) is 0 Å². The van der Waals surface area contributed by atoms with Crippen LogP contribution >= 0.6 is 0 Å². The lowest BCUT2D eigenvalue weighted by Gasteiger charge is -2.40. The number of carbonyl (C=O) groups is 1. The third-order valence-electron chi connectivity index (χ3n) is 2.77. The van der Waals surface area contributed by atoms with E-state index >= 15 is 0 Å². The second-order valence-corrected chi connectivity index (χ2v) is 4.31. The number of rotatable bonds is 5. The number of benzene rings is 1. The van der Waals surface area contributed by atoms with Crippen molar-refractivity contribution in [3.05, 3.63) is 35.9 Å². The second kappa shape index (κ2) is 6.89. The number of ether oxygens (including phenoxy) is 1. The van der Waals surface area contributed by atoms with Gasteiger partial charge < -0.3 is 9.64 Å².